The van der Waals surface area contributed by atoms with Gasteiger partial charge in [-0.3, -0.25) is 4.98 Å². The maximum Gasteiger partial charge on any atom is 0.181 e. The maximum atomic E-state index is 8.84. The summed E-state index contributed by atoms with van der Waals surface area (Å²) >= 11 is 0. The van der Waals surface area contributed by atoms with Crippen LogP contribution in [0.2, 0.25) is 0 Å². The van der Waals surface area contributed by atoms with Gasteiger partial charge in [0.1, 0.15) is 23.3 Å². The Kier molecular flexibility index (Phi) is 2.74. The van der Waals surface area contributed by atoms with Crippen molar-refractivity contribution in [2.45, 2.75) is 0 Å². The number of rotatable bonds is 2. The maximum absolute atomic E-state index is 8.84. The number of hydrogen-bond donors (Lipinski definition) is 1. The van der Waals surface area contributed by atoms with E-state index in [1.807, 2.05) is 18.2 Å². The van der Waals surface area contributed by atoms with Crippen LogP contribution in [0.1, 0.15) is 5.69 Å². The molecule has 0 saturated carbocycles. The molecule has 0 fully saturated rings. The largest absolute Gasteiger partial charge is 0.373 e. The highest BCUT2D eigenvalue weighted by atomic mass is 15.0. The zero-order chi connectivity index (χ0) is 11.4. The monoisotopic (exact) mass is 211 g/mol. The molecule has 0 radical (unpaired) electrons. The summed E-state index contributed by atoms with van der Waals surface area (Å²) in [6.07, 6.45) is 1.66. The topological polar surface area (TPSA) is 74.5 Å². The third kappa shape index (κ3) is 1.96. The van der Waals surface area contributed by atoms with Crippen molar-refractivity contribution in [1.82, 2.24) is 15.0 Å². The molecule has 0 aliphatic heterocycles. The number of nitrogens with zero attached hydrogens (tertiary/aromatic N) is 4. The van der Waals surface area contributed by atoms with Crippen molar-refractivity contribution in [2.24, 2.45) is 0 Å². The van der Waals surface area contributed by atoms with E-state index in [2.05, 4.69) is 20.3 Å². The lowest BCUT2D eigenvalue weighted by Gasteiger charge is -2.03. The molecule has 5 nitrogen and oxygen atoms in total. The van der Waals surface area contributed by atoms with Gasteiger partial charge in [0.2, 0.25) is 0 Å². The summed E-state index contributed by atoms with van der Waals surface area (Å²) in [6, 6.07) is 9.05. The number of anilines is 1. The van der Waals surface area contributed by atoms with Gasteiger partial charge in [0.15, 0.2) is 5.82 Å². The second-order valence-corrected chi connectivity index (χ2v) is 3.04. The fourth-order valence-electron chi connectivity index (χ4n) is 1.24. The molecule has 0 bridgehead atoms. The molecule has 16 heavy (non-hydrogen) atoms. The zero-order valence-electron chi connectivity index (χ0n) is 8.68. The Labute approximate surface area is 92.8 Å². The summed E-state index contributed by atoms with van der Waals surface area (Å²) < 4.78 is 0. The van der Waals surface area contributed by atoms with Crippen LogP contribution in [-0.2, 0) is 0 Å². The fraction of sp³-hybridized carbons (Fsp3) is 0.0909. The van der Waals surface area contributed by atoms with Crippen molar-refractivity contribution >= 4 is 5.82 Å². The summed E-state index contributed by atoms with van der Waals surface area (Å²) in [6.45, 7) is 0. The SMILES string of the molecule is CNc1cc(C#N)nc(-c2ccccn2)n1. The summed E-state index contributed by atoms with van der Waals surface area (Å²) in [5, 5.41) is 11.7. The van der Waals surface area contributed by atoms with E-state index < -0.39 is 0 Å². The van der Waals surface area contributed by atoms with Gasteiger partial charge < -0.3 is 5.32 Å². The molecule has 0 aliphatic carbocycles. The smallest absolute Gasteiger partial charge is 0.181 e. The Balaban J connectivity index is 2.54. The minimum Gasteiger partial charge on any atom is -0.373 e. The minimum atomic E-state index is 0.319. The first kappa shape index (κ1) is 10.1. The van der Waals surface area contributed by atoms with Gasteiger partial charge in [0, 0.05) is 19.3 Å². The van der Waals surface area contributed by atoms with Crippen molar-refractivity contribution in [3.05, 3.63) is 36.2 Å². The second-order valence-electron chi connectivity index (χ2n) is 3.04. The lowest BCUT2D eigenvalue weighted by Crippen LogP contribution is -1.99. The van der Waals surface area contributed by atoms with Gasteiger partial charge >= 0.3 is 0 Å². The summed E-state index contributed by atoms with van der Waals surface area (Å²) in [5.41, 5.74) is 0.969. The van der Waals surface area contributed by atoms with Crippen LogP contribution >= 0.6 is 0 Å². The van der Waals surface area contributed by atoms with E-state index in [-0.39, 0.29) is 0 Å². The van der Waals surface area contributed by atoms with E-state index in [1.165, 1.54) is 0 Å². The number of nitrogens with one attached hydrogen (secondary N) is 1. The first-order valence-corrected chi connectivity index (χ1v) is 4.72. The van der Waals surface area contributed by atoms with E-state index >= 15 is 0 Å². The highest BCUT2D eigenvalue weighted by molar-refractivity contribution is 5.54. The van der Waals surface area contributed by atoms with Crippen LogP contribution in [0.25, 0.3) is 11.5 Å². The molecular formula is C11H9N5. The van der Waals surface area contributed by atoms with E-state index in [4.69, 9.17) is 5.26 Å². The Hall–Kier alpha value is -2.48. The normalized spacial score (nSPS) is 9.50. The van der Waals surface area contributed by atoms with Gasteiger partial charge in [-0.15, -0.1) is 0 Å². The molecule has 1 N–H and O–H groups in total. The van der Waals surface area contributed by atoms with Crippen LogP contribution in [0, 0.1) is 11.3 Å². The molecule has 0 unspecified atom stereocenters. The molecule has 0 amide bonds. The summed E-state index contributed by atoms with van der Waals surface area (Å²) in [4.78, 5) is 12.5. The molecule has 0 saturated heterocycles. The molecular weight excluding hydrogens is 202 g/mol. The summed E-state index contributed by atoms with van der Waals surface area (Å²) in [7, 11) is 1.74. The van der Waals surface area contributed by atoms with Crippen LogP contribution in [0.3, 0.4) is 0 Å². The van der Waals surface area contributed by atoms with Crippen molar-refractivity contribution in [3.8, 4) is 17.6 Å². The molecule has 0 aromatic carbocycles. The van der Waals surface area contributed by atoms with Crippen LogP contribution in [0.15, 0.2) is 30.5 Å². The number of pyridine rings is 1. The van der Waals surface area contributed by atoms with Gasteiger partial charge in [0.05, 0.1) is 0 Å². The standard InChI is InChI=1S/C11H9N5/c1-13-10-6-8(7-12)15-11(16-10)9-4-2-3-5-14-9/h2-6H,1H3,(H,13,15,16). The van der Waals surface area contributed by atoms with Gasteiger partial charge in [0.25, 0.3) is 0 Å². The Morgan fingerprint density at radius 1 is 1.31 bits per heavy atom. The van der Waals surface area contributed by atoms with E-state index in [9.17, 15) is 0 Å². The average Bonchev–Trinajstić information content (AvgIpc) is 2.39. The number of nitriles is 1. The van der Waals surface area contributed by atoms with Crippen LogP contribution in [0.5, 0.6) is 0 Å². The average molecular weight is 211 g/mol. The van der Waals surface area contributed by atoms with Crippen LogP contribution in [-0.4, -0.2) is 22.0 Å². The third-order valence-electron chi connectivity index (χ3n) is 1.99. The second kappa shape index (κ2) is 4.36. The Bertz CT molecular complexity index is 530. The van der Waals surface area contributed by atoms with Crippen LogP contribution in [0.4, 0.5) is 5.82 Å². The van der Waals surface area contributed by atoms with Crippen molar-refractivity contribution in [2.75, 3.05) is 12.4 Å². The molecule has 2 aromatic rings. The quantitative estimate of drug-likeness (QED) is 0.813. The molecule has 2 heterocycles. The highest BCUT2D eigenvalue weighted by Crippen LogP contribution is 2.14. The van der Waals surface area contributed by atoms with Gasteiger partial charge in [-0.05, 0) is 12.1 Å². The molecule has 78 valence electrons. The van der Waals surface area contributed by atoms with Crippen LogP contribution < -0.4 is 5.32 Å². The predicted molar refractivity (Wildman–Crippen MR) is 59.5 cm³/mol. The number of hydrogen-bond acceptors (Lipinski definition) is 5. The fourth-order valence-corrected chi connectivity index (χ4v) is 1.24. The molecule has 5 heteroatoms. The summed E-state index contributed by atoms with van der Waals surface area (Å²) in [5.74, 6) is 1.05. The lowest BCUT2D eigenvalue weighted by molar-refractivity contribution is 1.11. The molecule has 2 aromatic heterocycles. The van der Waals surface area contributed by atoms with E-state index in [0.717, 1.165) is 0 Å². The first-order valence-electron chi connectivity index (χ1n) is 4.72. The lowest BCUT2D eigenvalue weighted by atomic mass is 10.3. The molecule has 0 spiro atoms. The van der Waals surface area contributed by atoms with Gasteiger partial charge in [-0.1, -0.05) is 6.07 Å². The Morgan fingerprint density at radius 3 is 2.81 bits per heavy atom. The van der Waals surface area contributed by atoms with E-state index in [0.29, 0.717) is 23.0 Å². The van der Waals surface area contributed by atoms with Crippen molar-refractivity contribution in [1.29, 1.82) is 5.26 Å². The zero-order valence-corrected chi connectivity index (χ0v) is 8.68. The predicted octanol–water partition coefficient (Wildman–Crippen LogP) is 1.45. The minimum absolute atomic E-state index is 0.319. The first-order chi connectivity index (χ1) is 7.83. The molecule has 0 aliphatic rings. The number of aromatic nitrogens is 3. The van der Waals surface area contributed by atoms with Crippen molar-refractivity contribution < 1.29 is 0 Å². The van der Waals surface area contributed by atoms with Crippen molar-refractivity contribution in [3.63, 3.8) is 0 Å². The van der Waals surface area contributed by atoms with Gasteiger partial charge in [-0.2, -0.15) is 5.26 Å². The third-order valence-corrected chi connectivity index (χ3v) is 1.99. The molecule has 2 rings (SSSR count). The van der Waals surface area contributed by atoms with E-state index in [1.54, 1.807) is 25.4 Å². The highest BCUT2D eigenvalue weighted by Gasteiger charge is 2.06. The van der Waals surface area contributed by atoms with Gasteiger partial charge in [-0.25, -0.2) is 9.97 Å². The molecule has 0 atom stereocenters. The Morgan fingerprint density at radius 2 is 2.19 bits per heavy atom.